The van der Waals surface area contributed by atoms with Gasteiger partial charge >= 0.3 is 12.0 Å². The van der Waals surface area contributed by atoms with Gasteiger partial charge in [0.1, 0.15) is 18.1 Å². The van der Waals surface area contributed by atoms with Crippen LogP contribution in [0.5, 0.6) is 0 Å². The predicted octanol–water partition coefficient (Wildman–Crippen LogP) is 6.00. The number of aromatic nitrogens is 3. The number of aryl methyl sites for hydroxylation is 1. The summed E-state index contributed by atoms with van der Waals surface area (Å²) in [5.41, 5.74) is 9.66. The fourth-order valence-electron chi connectivity index (χ4n) is 9.41. The van der Waals surface area contributed by atoms with Crippen LogP contribution in [0.3, 0.4) is 0 Å². The maximum Gasteiger partial charge on any atom is 0.324 e. The van der Waals surface area contributed by atoms with Crippen molar-refractivity contribution in [2.24, 2.45) is 11.3 Å². The van der Waals surface area contributed by atoms with Crippen LogP contribution in [0.15, 0.2) is 54.1 Å². The molecule has 7 rings (SSSR count). The van der Waals surface area contributed by atoms with Gasteiger partial charge in [0.25, 0.3) is 5.91 Å². The third kappa shape index (κ3) is 9.74. The lowest BCUT2D eigenvalue weighted by Gasteiger charge is -2.45. The molecule has 5 amide bonds. The molecule has 1 aromatic carbocycles. The van der Waals surface area contributed by atoms with E-state index >= 15 is 0 Å². The van der Waals surface area contributed by atoms with E-state index in [9.17, 15) is 24.0 Å². The quantitative estimate of drug-likeness (QED) is 0.142. The van der Waals surface area contributed by atoms with Gasteiger partial charge in [-0.1, -0.05) is 40.3 Å². The minimum absolute atomic E-state index is 0.0685. The number of pyridine rings is 1. The molecular formula is C49H65N9O7S. The minimum atomic E-state index is -1.09. The zero-order valence-corrected chi connectivity index (χ0v) is 40.8. The molecule has 17 heteroatoms. The molecule has 4 aromatic rings. The van der Waals surface area contributed by atoms with E-state index in [1.54, 1.807) is 44.1 Å². The number of cyclic esters (lactones) is 1. The lowest BCUT2D eigenvalue weighted by atomic mass is 9.84. The Kier molecular flexibility index (Phi) is 14.4. The molecule has 2 N–H and O–H groups in total. The smallest absolute Gasteiger partial charge is 0.324 e. The van der Waals surface area contributed by atoms with Gasteiger partial charge in [0.05, 0.1) is 40.8 Å². The van der Waals surface area contributed by atoms with Gasteiger partial charge in [-0.25, -0.2) is 15.2 Å². The van der Waals surface area contributed by atoms with Crippen LogP contribution in [0.25, 0.3) is 33.4 Å². The highest BCUT2D eigenvalue weighted by Crippen LogP contribution is 2.42. The SMILES string of the molecule is C=C(C)C(=O)N1CC(N(C)C(=O)N(C)C(C(=O)N[C@H]2Cc3nc(cs3)-c3ccc4c(c3)c(c(-c3cccnc3[C@H](C)OC)n4CC)CC(C)(C)COC(=O)[C@@H]3CCCN(N3)C2=O)C(C)C)C1. The number of hydrogen-bond acceptors (Lipinski definition) is 11. The Bertz CT molecular complexity index is 2510. The number of amides is 5. The number of ether oxygens (including phenoxy) is 2. The summed E-state index contributed by atoms with van der Waals surface area (Å²) in [7, 11) is 4.93. The van der Waals surface area contributed by atoms with E-state index in [0.29, 0.717) is 56.0 Å². The summed E-state index contributed by atoms with van der Waals surface area (Å²) in [5.74, 6) is -1.88. The number of esters is 1. The van der Waals surface area contributed by atoms with Crippen LogP contribution in [-0.2, 0) is 48.0 Å². The van der Waals surface area contributed by atoms with Crippen molar-refractivity contribution in [3.8, 4) is 22.5 Å². The average Bonchev–Trinajstić information content (AvgIpc) is 3.87. The van der Waals surface area contributed by atoms with Crippen molar-refractivity contribution < 1.29 is 33.4 Å². The Balaban J connectivity index is 1.24. The molecule has 3 aliphatic heterocycles. The molecule has 6 bridgehead atoms. The molecule has 0 radical (unpaired) electrons. The summed E-state index contributed by atoms with van der Waals surface area (Å²) >= 11 is 1.40. The molecule has 2 fully saturated rings. The third-order valence-electron chi connectivity index (χ3n) is 13.1. The topological polar surface area (TPSA) is 172 Å². The second kappa shape index (κ2) is 19.7. The Hall–Kier alpha value is -5.65. The number of hydrogen-bond donors (Lipinski definition) is 2. The van der Waals surface area contributed by atoms with Crippen LogP contribution in [-0.4, -0.2) is 136 Å². The molecule has 66 heavy (non-hydrogen) atoms. The summed E-state index contributed by atoms with van der Waals surface area (Å²) in [6.45, 7) is 19.3. The number of likely N-dealkylation sites (tertiary alicyclic amines) is 1. The molecular weight excluding hydrogens is 859 g/mol. The summed E-state index contributed by atoms with van der Waals surface area (Å²) in [4.78, 5) is 83.8. The maximum atomic E-state index is 14.6. The molecule has 3 aliphatic rings. The molecule has 1 unspecified atom stereocenters. The number of methoxy groups -OCH3 is 1. The van der Waals surface area contributed by atoms with Gasteiger partial charge in [-0.3, -0.25) is 29.2 Å². The van der Waals surface area contributed by atoms with Crippen LogP contribution in [0.4, 0.5) is 4.79 Å². The van der Waals surface area contributed by atoms with E-state index in [0.717, 1.165) is 44.7 Å². The highest BCUT2D eigenvalue weighted by molar-refractivity contribution is 7.10. The molecule has 354 valence electrons. The highest BCUT2D eigenvalue weighted by atomic mass is 32.1. The molecule has 0 saturated carbocycles. The molecule has 4 atom stereocenters. The number of nitrogens with one attached hydrogen (secondary N) is 2. The largest absolute Gasteiger partial charge is 0.464 e. The van der Waals surface area contributed by atoms with Crippen LogP contribution in [0.2, 0.25) is 0 Å². The number of benzene rings is 1. The first-order chi connectivity index (χ1) is 31.3. The van der Waals surface area contributed by atoms with Gasteiger partial charge in [0, 0.05) is 98.4 Å². The minimum Gasteiger partial charge on any atom is -0.464 e. The van der Waals surface area contributed by atoms with E-state index in [4.69, 9.17) is 19.4 Å². The zero-order valence-electron chi connectivity index (χ0n) is 40.0. The first-order valence-electron chi connectivity index (χ1n) is 22.9. The van der Waals surface area contributed by atoms with Crippen molar-refractivity contribution in [3.63, 3.8) is 0 Å². The molecule has 0 spiro atoms. The fraction of sp³-hybridized carbons (Fsp3) is 0.531. The van der Waals surface area contributed by atoms with Crippen molar-refractivity contribution in [2.45, 2.75) is 111 Å². The predicted molar refractivity (Wildman–Crippen MR) is 254 cm³/mol. The van der Waals surface area contributed by atoms with Crippen LogP contribution in [0, 0.1) is 11.3 Å². The van der Waals surface area contributed by atoms with E-state index < -0.39 is 41.3 Å². The Morgan fingerprint density at radius 3 is 2.56 bits per heavy atom. The summed E-state index contributed by atoms with van der Waals surface area (Å²) in [6, 6.07) is 6.96. The van der Waals surface area contributed by atoms with Gasteiger partial charge in [-0.2, -0.15) is 0 Å². The summed E-state index contributed by atoms with van der Waals surface area (Å²) in [5, 5.41) is 8.08. The van der Waals surface area contributed by atoms with Crippen molar-refractivity contribution in [2.75, 3.05) is 47.4 Å². The summed E-state index contributed by atoms with van der Waals surface area (Å²) in [6.07, 6.45) is 3.17. The number of likely N-dealkylation sites (N-methyl/N-ethyl adjacent to an activating group) is 2. The van der Waals surface area contributed by atoms with Crippen molar-refractivity contribution in [3.05, 3.63) is 70.3 Å². The van der Waals surface area contributed by atoms with Crippen LogP contribution >= 0.6 is 11.3 Å². The Morgan fingerprint density at radius 2 is 1.88 bits per heavy atom. The molecule has 16 nitrogen and oxygen atoms in total. The third-order valence-corrected chi connectivity index (χ3v) is 14.0. The van der Waals surface area contributed by atoms with E-state index in [1.807, 2.05) is 32.2 Å². The maximum absolute atomic E-state index is 14.6. The van der Waals surface area contributed by atoms with Gasteiger partial charge < -0.3 is 34.1 Å². The normalized spacial score (nSPS) is 20.0. The van der Waals surface area contributed by atoms with E-state index in [1.165, 1.54) is 21.2 Å². The Morgan fingerprint density at radius 1 is 1.14 bits per heavy atom. The number of thiazole rings is 1. The van der Waals surface area contributed by atoms with Gasteiger partial charge in [0.2, 0.25) is 11.8 Å². The van der Waals surface area contributed by atoms with E-state index in [2.05, 4.69) is 66.9 Å². The van der Waals surface area contributed by atoms with Crippen molar-refractivity contribution >= 4 is 52.0 Å². The van der Waals surface area contributed by atoms with Crippen molar-refractivity contribution in [1.82, 2.24) is 45.0 Å². The van der Waals surface area contributed by atoms with Crippen LogP contribution in [0.1, 0.15) is 83.7 Å². The Labute approximate surface area is 391 Å². The van der Waals surface area contributed by atoms with Crippen molar-refractivity contribution in [1.29, 1.82) is 0 Å². The number of hydrazine groups is 1. The number of carbonyl (C=O) groups excluding carboxylic acids is 5. The zero-order chi connectivity index (χ0) is 47.8. The molecule has 6 heterocycles. The number of fused-ring (bicyclic) bond motifs is 6. The monoisotopic (exact) mass is 923 g/mol. The lowest BCUT2D eigenvalue weighted by Crippen LogP contribution is -2.65. The van der Waals surface area contributed by atoms with Gasteiger partial charge in [0.15, 0.2) is 0 Å². The van der Waals surface area contributed by atoms with Gasteiger partial charge in [-0.15, -0.1) is 11.3 Å². The molecule has 3 aromatic heterocycles. The first kappa shape index (κ1) is 48.3. The highest BCUT2D eigenvalue weighted by Gasteiger charge is 2.41. The summed E-state index contributed by atoms with van der Waals surface area (Å²) < 4.78 is 14.2. The standard InChI is InChI=1S/C49H65N9O7S/c1-12-57-39-18-17-31-21-34(39)35(43(57)33-15-13-19-50-41(33)30(6)64-11)23-49(7,8)27-65-47(62)36-16-14-20-58(53-36)46(61)37(22-40-51-38(31)26-66-40)52-44(59)42(28(2)3)55(10)48(63)54(9)32-24-56(25-32)45(60)29(4)5/h13,15,17-19,21,26,28,30,32,36-37,42,53H,4,12,14,16,20,22-25,27H2,1-3,5-11H3,(H,52,59)/t30-,36-,37-,42?/m0/s1. The molecule has 2 saturated heterocycles. The first-order valence-corrected chi connectivity index (χ1v) is 23.8. The number of rotatable bonds is 10. The second-order valence-electron chi connectivity index (χ2n) is 19.1. The second-order valence-corrected chi connectivity index (χ2v) is 20.1. The fourth-order valence-corrected chi connectivity index (χ4v) is 10.3. The van der Waals surface area contributed by atoms with E-state index in [-0.39, 0.29) is 43.0 Å². The van der Waals surface area contributed by atoms with Crippen LogP contribution < -0.4 is 10.7 Å². The number of urea groups is 1. The number of carbonyl (C=O) groups is 5. The number of nitrogens with zero attached hydrogens (tertiary/aromatic N) is 7. The average molecular weight is 924 g/mol. The van der Waals surface area contributed by atoms with Gasteiger partial charge in [-0.05, 0) is 75.8 Å². The molecule has 0 aliphatic carbocycles. The lowest BCUT2D eigenvalue weighted by molar-refractivity contribution is -0.155.